The lowest BCUT2D eigenvalue weighted by molar-refractivity contribution is 0.0527. The van der Waals surface area contributed by atoms with Crippen molar-refractivity contribution in [2.75, 3.05) is 6.61 Å². The predicted octanol–water partition coefficient (Wildman–Crippen LogP) is 4.08. The fraction of sp³-hybridized carbons (Fsp3) is 0.261. The Morgan fingerprint density at radius 1 is 1.30 bits per heavy atom. The zero-order valence-corrected chi connectivity index (χ0v) is 20.8. The van der Waals surface area contributed by atoms with Crippen molar-refractivity contribution in [1.29, 1.82) is 0 Å². The summed E-state index contributed by atoms with van der Waals surface area (Å²) in [5.74, 6) is -0.411. The Labute approximate surface area is 201 Å². The lowest BCUT2D eigenvalue weighted by Crippen LogP contribution is -2.11. The maximum atomic E-state index is 13.3. The molecule has 0 spiro atoms. The summed E-state index contributed by atoms with van der Waals surface area (Å²) in [7, 11) is 0.424. The van der Waals surface area contributed by atoms with E-state index in [1.807, 2.05) is 42.8 Å². The van der Waals surface area contributed by atoms with Crippen LogP contribution in [0.2, 0.25) is 0 Å². The first-order valence-corrected chi connectivity index (χ1v) is 12.4. The summed E-state index contributed by atoms with van der Waals surface area (Å²) in [4.78, 5) is 17.8. The molecule has 0 bridgehead atoms. The number of carbonyl (C=O) groups excluding carboxylic acids is 1. The zero-order chi connectivity index (χ0) is 23.7. The second-order valence-electron chi connectivity index (χ2n) is 7.58. The molecule has 0 aliphatic rings. The summed E-state index contributed by atoms with van der Waals surface area (Å²) in [6.45, 7) is 4.06. The van der Waals surface area contributed by atoms with Gasteiger partial charge in [0.25, 0.3) is 0 Å². The van der Waals surface area contributed by atoms with Gasteiger partial charge in [-0.3, -0.25) is 4.21 Å². The highest BCUT2D eigenvalue weighted by Gasteiger charge is 2.28. The van der Waals surface area contributed by atoms with Crippen LogP contribution in [0, 0.1) is 6.92 Å². The van der Waals surface area contributed by atoms with E-state index in [-0.39, 0.29) is 24.7 Å². The molecule has 0 saturated carbocycles. The Balaban J connectivity index is 1.94. The molecule has 0 saturated heterocycles. The number of aryl methyl sites for hydroxylation is 2. The van der Waals surface area contributed by atoms with E-state index in [1.165, 1.54) is 12.7 Å². The molecular weight excluding hydrogens is 508 g/mol. The van der Waals surface area contributed by atoms with E-state index in [0.717, 1.165) is 5.56 Å². The fourth-order valence-electron chi connectivity index (χ4n) is 3.87. The molecule has 2 aromatic carbocycles. The van der Waals surface area contributed by atoms with Gasteiger partial charge < -0.3 is 14.4 Å². The Morgan fingerprint density at radius 2 is 2.09 bits per heavy atom. The molecule has 0 aliphatic carbocycles. The van der Waals surface area contributed by atoms with E-state index in [9.17, 15) is 14.1 Å². The second kappa shape index (κ2) is 9.48. The number of halogens is 1. The van der Waals surface area contributed by atoms with Gasteiger partial charge in [-0.25, -0.2) is 14.5 Å². The van der Waals surface area contributed by atoms with Gasteiger partial charge in [0, 0.05) is 28.6 Å². The monoisotopic (exact) mass is 530 g/mol. The molecule has 4 aromatic rings. The van der Waals surface area contributed by atoms with Gasteiger partial charge in [-0.15, -0.1) is 0 Å². The molecule has 1 unspecified atom stereocenters. The third-order valence-corrected chi connectivity index (χ3v) is 7.34. The van der Waals surface area contributed by atoms with E-state index in [0.29, 0.717) is 37.1 Å². The first-order chi connectivity index (χ1) is 15.8. The number of aromatic nitrogens is 4. The molecule has 4 rings (SSSR count). The summed E-state index contributed by atoms with van der Waals surface area (Å²) < 4.78 is 22.5. The van der Waals surface area contributed by atoms with Crippen LogP contribution >= 0.6 is 15.9 Å². The number of aromatic hydroxyl groups is 1. The van der Waals surface area contributed by atoms with Gasteiger partial charge in [-0.05, 0) is 53.5 Å². The summed E-state index contributed by atoms with van der Waals surface area (Å²) in [5.41, 5.74) is 3.08. The third-order valence-electron chi connectivity index (χ3n) is 5.42. The van der Waals surface area contributed by atoms with Crippen LogP contribution in [0.25, 0.3) is 10.9 Å². The quantitative estimate of drug-likeness (QED) is 0.361. The minimum atomic E-state index is -1.39. The SMILES string of the molecule is CCOC(=O)c1c(CS(=O)c2cccc(C)c2)n(C)c2cc(Br)c(O)c(Cn3cncn3)c12. The lowest BCUT2D eigenvalue weighted by atomic mass is 10.0. The van der Waals surface area contributed by atoms with E-state index in [2.05, 4.69) is 26.0 Å². The molecule has 2 heterocycles. The molecule has 1 atom stereocenters. The highest BCUT2D eigenvalue weighted by molar-refractivity contribution is 9.10. The molecule has 0 radical (unpaired) electrons. The fourth-order valence-corrected chi connectivity index (χ4v) is 5.62. The number of benzene rings is 2. The predicted molar refractivity (Wildman–Crippen MR) is 129 cm³/mol. The Bertz CT molecular complexity index is 1370. The number of phenolic OH excluding ortho intramolecular Hbond substituents is 1. The maximum Gasteiger partial charge on any atom is 0.340 e. The van der Waals surface area contributed by atoms with Crippen molar-refractivity contribution >= 4 is 43.6 Å². The molecular formula is C23H23BrN4O4S. The average Bonchev–Trinajstić information content (AvgIpc) is 3.39. The van der Waals surface area contributed by atoms with Crippen molar-refractivity contribution < 1.29 is 18.8 Å². The van der Waals surface area contributed by atoms with Gasteiger partial charge in [0.1, 0.15) is 18.4 Å². The molecule has 2 aromatic heterocycles. The maximum absolute atomic E-state index is 13.3. The molecule has 0 aliphatic heterocycles. The molecule has 1 N–H and O–H groups in total. The van der Waals surface area contributed by atoms with Crippen LogP contribution in [0.5, 0.6) is 5.75 Å². The van der Waals surface area contributed by atoms with Crippen LogP contribution in [-0.2, 0) is 34.9 Å². The zero-order valence-electron chi connectivity index (χ0n) is 18.4. The van der Waals surface area contributed by atoms with E-state index in [4.69, 9.17) is 4.74 Å². The standard InChI is InChI=1S/C23H23BrN4O4S/c1-4-32-23(30)21-19(11-33(31)15-7-5-6-14(2)8-15)27(3)18-9-17(24)22(29)16(20(18)21)10-28-13-25-12-26-28/h5-9,12-13,29H,4,10-11H2,1-3H3. The van der Waals surface area contributed by atoms with Gasteiger partial charge in [-0.2, -0.15) is 5.10 Å². The minimum Gasteiger partial charge on any atom is -0.506 e. The van der Waals surface area contributed by atoms with Crippen molar-refractivity contribution in [3.63, 3.8) is 0 Å². The number of esters is 1. The number of fused-ring (bicyclic) bond motifs is 1. The largest absolute Gasteiger partial charge is 0.506 e. The normalized spacial score (nSPS) is 12.2. The molecule has 8 nitrogen and oxygen atoms in total. The van der Waals surface area contributed by atoms with Crippen LogP contribution in [0.3, 0.4) is 0 Å². The lowest BCUT2D eigenvalue weighted by Gasteiger charge is -2.11. The molecule has 172 valence electrons. The van der Waals surface area contributed by atoms with Crippen molar-refractivity contribution in [2.24, 2.45) is 7.05 Å². The van der Waals surface area contributed by atoms with Crippen LogP contribution in [-0.4, -0.2) is 41.2 Å². The van der Waals surface area contributed by atoms with E-state index in [1.54, 1.807) is 17.7 Å². The summed E-state index contributed by atoms with van der Waals surface area (Å²) in [6.07, 6.45) is 2.94. The number of ether oxygens (including phenoxy) is 1. The number of rotatable bonds is 7. The Kier molecular flexibility index (Phi) is 6.66. The van der Waals surface area contributed by atoms with Gasteiger partial charge in [0.05, 0.1) is 45.3 Å². The molecule has 33 heavy (non-hydrogen) atoms. The van der Waals surface area contributed by atoms with E-state index >= 15 is 0 Å². The van der Waals surface area contributed by atoms with Crippen molar-refractivity contribution in [3.8, 4) is 5.75 Å². The van der Waals surface area contributed by atoms with Crippen LogP contribution in [0.4, 0.5) is 0 Å². The highest BCUT2D eigenvalue weighted by atomic mass is 79.9. The van der Waals surface area contributed by atoms with Crippen molar-refractivity contribution in [2.45, 2.75) is 31.0 Å². The van der Waals surface area contributed by atoms with Crippen molar-refractivity contribution in [3.05, 3.63) is 69.8 Å². The number of phenols is 1. The third kappa shape index (κ3) is 4.45. The van der Waals surface area contributed by atoms with Crippen LogP contribution in [0.1, 0.15) is 34.1 Å². The number of carbonyl (C=O) groups is 1. The summed E-state index contributed by atoms with van der Waals surface area (Å²) in [6, 6.07) is 9.24. The topological polar surface area (TPSA) is 99.2 Å². The highest BCUT2D eigenvalue weighted by Crippen LogP contribution is 2.40. The Hall–Kier alpha value is -2.98. The Morgan fingerprint density at radius 3 is 2.76 bits per heavy atom. The number of hydrogen-bond donors (Lipinski definition) is 1. The first-order valence-electron chi connectivity index (χ1n) is 10.3. The molecule has 0 fully saturated rings. The van der Waals surface area contributed by atoms with E-state index < -0.39 is 16.8 Å². The summed E-state index contributed by atoms with van der Waals surface area (Å²) in [5, 5.41) is 15.6. The van der Waals surface area contributed by atoms with Gasteiger partial charge in [0.15, 0.2) is 0 Å². The summed E-state index contributed by atoms with van der Waals surface area (Å²) >= 11 is 3.42. The number of hydrogen-bond acceptors (Lipinski definition) is 6. The molecule has 0 amide bonds. The number of nitrogens with zero attached hydrogens (tertiary/aromatic N) is 4. The average molecular weight is 531 g/mol. The van der Waals surface area contributed by atoms with Gasteiger partial charge in [-0.1, -0.05) is 12.1 Å². The minimum absolute atomic E-state index is 0.000468. The first kappa shape index (κ1) is 23.2. The van der Waals surface area contributed by atoms with Gasteiger partial charge in [0.2, 0.25) is 0 Å². The van der Waals surface area contributed by atoms with Crippen LogP contribution in [0.15, 0.2) is 52.4 Å². The second-order valence-corrected chi connectivity index (χ2v) is 9.89. The van der Waals surface area contributed by atoms with Crippen LogP contribution < -0.4 is 0 Å². The van der Waals surface area contributed by atoms with Crippen molar-refractivity contribution in [1.82, 2.24) is 19.3 Å². The smallest absolute Gasteiger partial charge is 0.340 e. The van der Waals surface area contributed by atoms with Gasteiger partial charge >= 0.3 is 5.97 Å². The molecule has 10 heteroatoms.